The van der Waals surface area contributed by atoms with Gasteiger partial charge in [-0.15, -0.1) is 0 Å². The fraction of sp³-hybridized carbons (Fsp3) is 0.333. The van der Waals surface area contributed by atoms with Gasteiger partial charge in [-0.2, -0.15) is 0 Å². The first kappa shape index (κ1) is 7.92. The van der Waals surface area contributed by atoms with Gasteiger partial charge < -0.3 is 9.73 Å². The van der Waals surface area contributed by atoms with Crippen LogP contribution in [0, 0.1) is 13.8 Å². The monoisotopic (exact) mass is 151 g/mol. The normalized spacial score (nSPS) is 10.8. The molecule has 1 N–H and O–H groups in total. The summed E-state index contributed by atoms with van der Waals surface area (Å²) in [5.41, 5.74) is 2.34. The van der Waals surface area contributed by atoms with Crippen molar-refractivity contribution in [1.29, 1.82) is 0 Å². The lowest BCUT2D eigenvalue weighted by atomic mass is 10.2. The zero-order valence-corrected chi connectivity index (χ0v) is 7.14. The van der Waals surface area contributed by atoms with Gasteiger partial charge in [-0.3, -0.25) is 0 Å². The molecule has 2 heteroatoms. The lowest BCUT2D eigenvalue weighted by Gasteiger charge is -1.90. The van der Waals surface area contributed by atoms with Crippen molar-refractivity contribution in [3.8, 4) is 0 Å². The Hall–Kier alpha value is -1.18. The van der Waals surface area contributed by atoms with Crippen LogP contribution in [-0.4, -0.2) is 7.05 Å². The molecule has 0 aromatic carbocycles. The van der Waals surface area contributed by atoms with Gasteiger partial charge in [0, 0.05) is 12.6 Å². The summed E-state index contributed by atoms with van der Waals surface area (Å²) < 4.78 is 5.21. The van der Waals surface area contributed by atoms with Crippen LogP contribution in [0.3, 0.4) is 0 Å². The van der Waals surface area contributed by atoms with Gasteiger partial charge in [0.15, 0.2) is 0 Å². The lowest BCUT2D eigenvalue weighted by Crippen LogP contribution is -1.91. The smallest absolute Gasteiger partial charge is 0.108 e. The number of hydrogen-bond acceptors (Lipinski definition) is 2. The molecule has 0 aliphatic carbocycles. The van der Waals surface area contributed by atoms with Crippen molar-refractivity contribution in [2.24, 2.45) is 0 Å². The first-order valence-corrected chi connectivity index (χ1v) is 3.64. The van der Waals surface area contributed by atoms with Crippen LogP contribution in [0.15, 0.2) is 16.9 Å². The predicted octanol–water partition coefficient (Wildman–Crippen LogP) is 2.09. The molecule has 0 spiro atoms. The molecule has 60 valence electrons. The molecule has 0 unspecified atom stereocenters. The molecule has 0 saturated heterocycles. The Morgan fingerprint density at radius 3 is 2.64 bits per heavy atom. The Bertz CT molecular complexity index is 241. The molecule has 0 radical (unpaired) electrons. The minimum atomic E-state index is 0.967. The predicted molar refractivity (Wildman–Crippen MR) is 46.3 cm³/mol. The second kappa shape index (κ2) is 3.28. The van der Waals surface area contributed by atoms with E-state index in [0.717, 1.165) is 5.76 Å². The van der Waals surface area contributed by atoms with Crippen LogP contribution in [0.25, 0.3) is 6.08 Å². The van der Waals surface area contributed by atoms with E-state index >= 15 is 0 Å². The Morgan fingerprint density at radius 1 is 1.45 bits per heavy atom. The third-order valence-electron chi connectivity index (χ3n) is 1.63. The van der Waals surface area contributed by atoms with Gasteiger partial charge in [0.2, 0.25) is 0 Å². The maximum absolute atomic E-state index is 5.21. The summed E-state index contributed by atoms with van der Waals surface area (Å²) in [6, 6.07) is 0. The summed E-state index contributed by atoms with van der Waals surface area (Å²) in [5, 5.41) is 2.94. The van der Waals surface area contributed by atoms with Gasteiger partial charge in [-0.25, -0.2) is 0 Å². The molecule has 2 nitrogen and oxygen atoms in total. The first-order valence-electron chi connectivity index (χ1n) is 3.64. The van der Waals surface area contributed by atoms with Crippen LogP contribution < -0.4 is 5.32 Å². The van der Waals surface area contributed by atoms with Crippen molar-refractivity contribution in [2.75, 3.05) is 7.05 Å². The number of hydrogen-bond donors (Lipinski definition) is 1. The minimum Gasteiger partial charge on any atom is -0.469 e. The van der Waals surface area contributed by atoms with Crippen molar-refractivity contribution < 1.29 is 4.42 Å². The zero-order chi connectivity index (χ0) is 8.27. The summed E-state index contributed by atoms with van der Waals surface area (Å²) in [6.07, 6.45) is 5.67. The van der Waals surface area contributed by atoms with E-state index in [1.807, 2.05) is 33.2 Å². The maximum Gasteiger partial charge on any atom is 0.108 e. The van der Waals surface area contributed by atoms with E-state index in [-0.39, 0.29) is 0 Å². The number of nitrogens with one attached hydrogen (secondary N) is 1. The minimum absolute atomic E-state index is 0.967. The van der Waals surface area contributed by atoms with Gasteiger partial charge in [-0.1, -0.05) is 0 Å². The second-order valence-corrected chi connectivity index (χ2v) is 2.51. The van der Waals surface area contributed by atoms with Crippen LogP contribution in [-0.2, 0) is 0 Å². The van der Waals surface area contributed by atoms with E-state index in [1.165, 1.54) is 11.1 Å². The molecule has 0 saturated carbocycles. The fourth-order valence-electron chi connectivity index (χ4n) is 0.997. The highest BCUT2D eigenvalue weighted by Gasteiger charge is 2.01. The largest absolute Gasteiger partial charge is 0.469 e. The van der Waals surface area contributed by atoms with Crippen molar-refractivity contribution in [3.05, 3.63) is 29.4 Å². The molecule has 0 fully saturated rings. The molecule has 1 aromatic rings. The summed E-state index contributed by atoms with van der Waals surface area (Å²) >= 11 is 0. The van der Waals surface area contributed by atoms with Crippen molar-refractivity contribution in [3.63, 3.8) is 0 Å². The van der Waals surface area contributed by atoms with Gasteiger partial charge >= 0.3 is 0 Å². The second-order valence-electron chi connectivity index (χ2n) is 2.51. The van der Waals surface area contributed by atoms with Crippen LogP contribution >= 0.6 is 0 Å². The van der Waals surface area contributed by atoms with Crippen molar-refractivity contribution in [2.45, 2.75) is 13.8 Å². The molecule has 1 heterocycles. The Morgan fingerprint density at radius 2 is 2.18 bits per heavy atom. The van der Waals surface area contributed by atoms with E-state index in [9.17, 15) is 0 Å². The van der Waals surface area contributed by atoms with Crippen LogP contribution in [0.1, 0.15) is 16.9 Å². The lowest BCUT2D eigenvalue weighted by molar-refractivity contribution is 0.532. The zero-order valence-electron chi connectivity index (χ0n) is 7.14. The maximum atomic E-state index is 5.21. The molecule has 0 atom stereocenters. The highest BCUT2D eigenvalue weighted by atomic mass is 16.3. The molecule has 0 bridgehead atoms. The first-order chi connectivity index (χ1) is 5.25. The SMILES string of the molecule is CNC=Cc1c(C)coc1C. The van der Waals surface area contributed by atoms with Crippen molar-refractivity contribution >= 4 is 6.08 Å². The third kappa shape index (κ3) is 1.64. The molecular weight excluding hydrogens is 138 g/mol. The molecule has 0 aliphatic rings. The average Bonchev–Trinajstić information content (AvgIpc) is 2.29. The quantitative estimate of drug-likeness (QED) is 0.700. The standard InChI is InChI=1S/C9H13NO/c1-7-6-11-8(2)9(7)4-5-10-3/h4-6,10H,1-3H3. The number of rotatable bonds is 2. The molecule has 11 heavy (non-hydrogen) atoms. The van der Waals surface area contributed by atoms with Gasteiger partial charge in [0.25, 0.3) is 0 Å². The molecule has 0 amide bonds. The van der Waals surface area contributed by atoms with Gasteiger partial charge in [0.1, 0.15) is 5.76 Å². The van der Waals surface area contributed by atoms with Crippen LogP contribution in [0.5, 0.6) is 0 Å². The highest BCUT2D eigenvalue weighted by Crippen LogP contribution is 2.16. The molecule has 1 rings (SSSR count). The summed E-state index contributed by atoms with van der Waals surface area (Å²) in [6.45, 7) is 3.99. The van der Waals surface area contributed by atoms with E-state index < -0.39 is 0 Å². The Kier molecular flexibility index (Phi) is 2.36. The third-order valence-corrected chi connectivity index (χ3v) is 1.63. The van der Waals surface area contributed by atoms with Crippen molar-refractivity contribution in [1.82, 2.24) is 5.32 Å². The van der Waals surface area contributed by atoms with E-state index in [1.54, 1.807) is 6.26 Å². The van der Waals surface area contributed by atoms with Gasteiger partial charge in [-0.05, 0) is 31.7 Å². The van der Waals surface area contributed by atoms with E-state index in [4.69, 9.17) is 4.42 Å². The topological polar surface area (TPSA) is 25.2 Å². The van der Waals surface area contributed by atoms with Crippen LogP contribution in [0.2, 0.25) is 0 Å². The number of aryl methyl sites for hydroxylation is 2. The summed E-state index contributed by atoms with van der Waals surface area (Å²) in [5.74, 6) is 0.967. The average molecular weight is 151 g/mol. The van der Waals surface area contributed by atoms with E-state index in [0.29, 0.717) is 0 Å². The highest BCUT2D eigenvalue weighted by molar-refractivity contribution is 5.54. The number of furan rings is 1. The molecular formula is C9H13NO. The molecule has 0 aliphatic heterocycles. The summed E-state index contributed by atoms with van der Waals surface area (Å²) in [4.78, 5) is 0. The Labute approximate surface area is 66.9 Å². The van der Waals surface area contributed by atoms with E-state index in [2.05, 4.69) is 5.32 Å². The van der Waals surface area contributed by atoms with Crippen LogP contribution in [0.4, 0.5) is 0 Å². The molecule has 1 aromatic heterocycles. The van der Waals surface area contributed by atoms with Gasteiger partial charge in [0.05, 0.1) is 6.26 Å². The fourth-order valence-corrected chi connectivity index (χ4v) is 0.997. The summed E-state index contributed by atoms with van der Waals surface area (Å²) in [7, 11) is 1.88. The Balaban J connectivity index is 2.92.